The summed E-state index contributed by atoms with van der Waals surface area (Å²) in [4.78, 5) is 0. The molecule has 0 atom stereocenters. The molecule has 0 radical (unpaired) electrons. The van der Waals surface area contributed by atoms with Crippen LogP contribution in [0.4, 0.5) is 0 Å². The number of nitrogens with one attached hydrogen (secondary N) is 1. The molecule has 0 fully saturated rings. The van der Waals surface area contributed by atoms with Crippen molar-refractivity contribution in [2.24, 2.45) is 0 Å². The van der Waals surface area contributed by atoms with Crippen molar-refractivity contribution in [2.45, 2.75) is 13.0 Å². The van der Waals surface area contributed by atoms with Gasteiger partial charge in [-0.15, -0.1) is 0 Å². The van der Waals surface area contributed by atoms with E-state index in [9.17, 15) is 0 Å². The number of rotatable bonds is 13. The standard InChI is InChI=1S/C16H27NO4/c1-18-9-3-10-20-12-13-21-16-6-4-15(5-7-16)14-17-8-11-19-2/h4-7,17H,3,8-14H2,1-2H3. The minimum atomic E-state index is 0.568. The molecule has 1 aromatic carbocycles. The maximum absolute atomic E-state index is 5.61. The van der Waals surface area contributed by atoms with E-state index in [1.54, 1.807) is 14.2 Å². The van der Waals surface area contributed by atoms with E-state index < -0.39 is 0 Å². The van der Waals surface area contributed by atoms with Crippen molar-refractivity contribution in [2.75, 3.05) is 53.8 Å². The highest BCUT2D eigenvalue weighted by Crippen LogP contribution is 2.11. The number of benzene rings is 1. The van der Waals surface area contributed by atoms with Crippen LogP contribution in [-0.2, 0) is 20.8 Å². The fourth-order valence-corrected chi connectivity index (χ4v) is 1.74. The van der Waals surface area contributed by atoms with Crippen LogP contribution in [-0.4, -0.2) is 53.8 Å². The molecule has 1 rings (SSSR count). The average Bonchev–Trinajstić information content (AvgIpc) is 2.52. The van der Waals surface area contributed by atoms with Crippen LogP contribution in [0.1, 0.15) is 12.0 Å². The van der Waals surface area contributed by atoms with Gasteiger partial charge in [0.2, 0.25) is 0 Å². The molecule has 0 spiro atoms. The third kappa shape index (κ3) is 9.42. The van der Waals surface area contributed by atoms with Gasteiger partial charge in [-0.25, -0.2) is 0 Å². The molecule has 0 saturated carbocycles. The molecule has 120 valence electrons. The summed E-state index contributed by atoms with van der Waals surface area (Å²) < 4.78 is 21.0. The molecule has 0 saturated heterocycles. The lowest BCUT2D eigenvalue weighted by Crippen LogP contribution is -2.18. The van der Waals surface area contributed by atoms with E-state index in [0.29, 0.717) is 19.8 Å². The lowest BCUT2D eigenvalue weighted by Gasteiger charge is -2.08. The van der Waals surface area contributed by atoms with E-state index in [1.165, 1.54) is 5.56 Å². The molecule has 1 aromatic rings. The monoisotopic (exact) mass is 297 g/mol. The van der Waals surface area contributed by atoms with Crippen molar-refractivity contribution < 1.29 is 18.9 Å². The van der Waals surface area contributed by atoms with Crippen LogP contribution in [0.15, 0.2) is 24.3 Å². The molecule has 0 aliphatic heterocycles. The summed E-state index contributed by atoms with van der Waals surface area (Å²) in [5, 5.41) is 3.30. The highest BCUT2D eigenvalue weighted by Gasteiger charge is 1.96. The maximum Gasteiger partial charge on any atom is 0.119 e. The zero-order valence-electron chi connectivity index (χ0n) is 13.1. The third-order valence-corrected chi connectivity index (χ3v) is 2.87. The van der Waals surface area contributed by atoms with Gasteiger partial charge in [-0.05, 0) is 24.1 Å². The first-order valence-corrected chi connectivity index (χ1v) is 7.35. The fourth-order valence-electron chi connectivity index (χ4n) is 1.74. The molecule has 1 N–H and O–H groups in total. The average molecular weight is 297 g/mol. The van der Waals surface area contributed by atoms with Crippen LogP contribution in [0.5, 0.6) is 5.75 Å². The summed E-state index contributed by atoms with van der Waals surface area (Å²) in [7, 11) is 3.40. The van der Waals surface area contributed by atoms with Crippen LogP contribution in [0.25, 0.3) is 0 Å². The number of hydrogen-bond donors (Lipinski definition) is 1. The Bertz CT molecular complexity index is 343. The molecule has 0 amide bonds. The van der Waals surface area contributed by atoms with Gasteiger partial charge in [0.15, 0.2) is 0 Å². The van der Waals surface area contributed by atoms with E-state index in [4.69, 9.17) is 18.9 Å². The van der Waals surface area contributed by atoms with Crippen LogP contribution in [0.2, 0.25) is 0 Å². The largest absolute Gasteiger partial charge is 0.491 e. The predicted molar refractivity (Wildman–Crippen MR) is 82.8 cm³/mol. The Balaban J connectivity index is 2.07. The third-order valence-electron chi connectivity index (χ3n) is 2.87. The first kappa shape index (κ1) is 17.9. The first-order chi connectivity index (χ1) is 10.4. The van der Waals surface area contributed by atoms with Crippen molar-refractivity contribution in [1.29, 1.82) is 0 Å². The second kappa shape index (κ2) is 12.6. The summed E-state index contributed by atoms with van der Waals surface area (Å²) in [6.07, 6.45) is 0.918. The van der Waals surface area contributed by atoms with Gasteiger partial charge < -0.3 is 24.3 Å². The summed E-state index contributed by atoms with van der Waals surface area (Å²) in [6, 6.07) is 8.10. The van der Waals surface area contributed by atoms with Crippen molar-refractivity contribution in [3.8, 4) is 5.75 Å². The Morgan fingerprint density at radius 3 is 2.33 bits per heavy atom. The van der Waals surface area contributed by atoms with E-state index in [-0.39, 0.29) is 0 Å². The van der Waals surface area contributed by atoms with Crippen molar-refractivity contribution in [3.05, 3.63) is 29.8 Å². The van der Waals surface area contributed by atoms with Crippen LogP contribution in [0.3, 0.4) is 0 Å². The van der Waals surface area contributed by atoms with Gasteiger partial charge in [0, 0.05) is 40.5 Å². The molecule has 5 nitrogen and oxygen atoms in total. The molecular formula is C16H27NO4. The molecule has 21 heavy (non-hydrogen) atoms. The number of hydrogen-bond acceptors (Lipinski definition) is 5. The number of methoxy groups -OCH3 is 2. The fraction of sp³-hybridized carbons (Fsp3) is 0.625. The maximum atomic E-state index is 5.61. The second-order valence-corrected chi connectivity index (χ2v) is 4.62. The van der Waals surface area contributed by atoms with Gasteiger partial charge in [0.05, 0.1) is 13.2 Å². The molecule has 0 heterocycles. The van der Waals surface area contributed by atoms with E-state index in [2.05, 4.69) is 17.4 Å². The minimum Gasteiger partial charge on any atom is -0.491 e. The van der Waals surface area contributed by atoms with Gasteiger partial charge >= 0.3 is 0 Å². The Labute approximate surface area is 127 Å². The highest BCUT2D eigenvalue weighted by molar-refractivity contribution is 5.27. The highest BCUT2D eigenvalue weighted by atomic mass is 16.5. The second-order valence-electron chi connectivity index (χ2n) is 4.62. The van der Waals surface area contributed by atoms with Gasteiger partial charge in [-0.2, -0.15) is 0 Å². The minimum absolute atomic E-state index is 0.568. The van der Waals surface area contributed by atoms with Gasteiger partial charge in [0.1, 0.15) is 12.4 Å². The zero-order valence-corrected chi connectivity index (χ0v) is 13.1. The van der Waals surface area contributed by atoms with Crippen molar-refractivity contribution in [1.82, 2.24) is 5.32 Å². The summed E-state index contributed by atoms with van der Waals surface area (Å²) in [5.41, 5.74) is 1.23. The summed E-state index contributed by atoms with van der Waals surface area (Å²) >= 11 is 0. The first-order valence-electron chi connectivity index (χ1n) is 7.35. The normalized spacial score (nSPS) is 10.8. The van der Waals surface area contributed by atoms with Crippen LogP contribution in [0, 0.1) is 0 Å². The Hall–Kier alpha value is -1.14. The van der Waals surface area contributed by atoms with Crippen LogP contribution < -0.4 is 10.1 Å². The lowest BCUT2D eigenvalue weighted by atomic mass is 10.2. The van der Waals surface area contributed by atoms with E-state index in [0.717, 1.165) is 38.5 Å². The topological polar surface area (TPSA) is 49.0 Å². The van der Waals surface area contributed by atoms with Crippen molar-refractivity contribution >= 4 is 0 Å². The quantitative estimate of drug-likeness (QED) is 0.563. The zero-order chi connectivity index (χ0) is 15.2. The van der Waals surface area contributed by atoms with Crippen LogP contribution >= 0.6 is 0 Å². The van der Waals surface area contributed by atoms with Gasteiger partial charge in [0.25, 0.3) is 0 Å². The smallest absolute Gasteiger partial charge is 0.119 e. The van der Waals surface area contributed by atoms with E-state index >= 15 is 0 Å². The Morgan fingerprint density at radius 1 is 0.857 bits per heavy atom. The molecule has 5 heteroatoms. The lowest BCUT2D eigenvalue weighted by molar-refractivity contribution is 0.0806. The molecule has 0 aliphatic rings. The summed E-state index contributed by atoms with van der Waals surface area (Å²) in [6.45, 7) is 5.04. The Morgan fingerprint density at radius 2 is 1.62 bits per heavy atom. The number of ether oxygens (including phenoxy) is 4. The molecule has 0 unspecified atom stereocenters. The molecule has 0 aromatic heterocycles. The predicted octanol–water partition coefficient (Wildman–Crippen LogP) is 1.85. The molecule has 0 bridgehead atoms. The summed E-state index contributed by atoms with van der Waals surface area (Å²) in [5.74, 6) is 0.871. The van der Waals surface area contributed by atoms with Gasteiger partial charge in [-0.1, -0.05) is 12.1 Å². The Kier molecular flexibility index (Phi) is 10.7. The SMILES string of the molecule is COCCCOCCOc1ccc(CNCCOC)cc1. The molecular weight excluding hydrogens is 270 g/mol. The van der Waals surface area contributed by atoms with Gasteiger partial charge in [-0.3, -0.25) is 0 Å². The molecule has 0 aliphatic carbocycles. The van der Waals surface area contributed by atoms with E-state index in [1.807, 2.05) is 12.1 Å². The van der Waals surface area contributed by atoms with Crippen molar-refractivity contribution in [3.63, 3.8) is 0 Å².